The molecule has 1 aliphatic carbocycles. The molecule has 1 saturated carbocycles. The molecule has 0 aromatic heterocycles. The minimum absolute atomic E-state index is 0.161. The van der Waals surface area contributed by atoms with Crippen molar-refractivity contribution in [1.29, 1.82) is 0 Å². The van der Waals surface area contributed by atoms with Crippen molar-refractivity contribution in [3.63, 3.8) is 0 Å². The van der Waals surface area contributed by atoms with Crippen molar-refractivity contribution in [2.24, 2.45) is 5.92 Å². The second-order valence-electron chi connectivity index (χ2n) is 4.30. The molecule has 0 saturated heterocycles. The molecule has 0 heterocycles. The molecule has 94 valence electrons. The third-order valence-electron chi connectivity index (χ3n) is 3.03. The maximum absolute atomic E-state index is 11.8. The highest BCUT2D eigenvalue weighted by molar-refractivity contribution is 6.62. The van der Waals surface area contributed by atoms with Crippen LogP contribution in [-0.4, -0.2) is 28.9 Å². The summed E-state index contributed by atoms with van der Waals surface area (Å²) in [7, 11) is 0. The van der Waals surface area contributed by atoms with Gasteiger partial charge in [0.1, 0.15) is 0 Å². The summed E-state index contributed by atoms with van der Waals surface area (Å²) in [6.07, 6.45) is 5.76. The number of hydrogen-bond acceptors (Lipinski definition) is 3. The van der Waals surface area contributed by atoms with Gasteiger partial charge in [-0.25, -0.2) is 4.79 Å². The third kappa shape index (κ3) is 4.11. The number of carbonyl (C=O) groups is 2. The summed E-state index contributed by atoms with van der Waals surface area (Å²) >= 11 is 0. The van der Waals surface area contributed by atoms with Gasteiger partial charge in [0.25, 0.3) is 5.78 Å². The average Bonchev–Trinajstić information content (AvgIpc) is 2.31. The fourth-order valence-electron chi connectivity index (χ4n) is 2.16. The van der Waals surface area contributed by atoms with Crippen LogP contribution in [0.4, 0.5) is 0 Å². The Labute approximate surface area is 101 Å². The lowest BCUT2D eigenvalue weighted by atomic mass is 9.85. The molecule has 0 radical (unpaired) electrons. The molecule has 1 fully saturated rings. The van der Waals surface area contributed by atoms with Gasteiger partial charge in [-0.05, 0) is 12.8 Å². The molecule has 17 heavy (non-hydrogen) atoms. The van der Waals surface area contributed by atoms with E-state index in [0.29, 0.717) is 5.92 Å². The summed E-state index contributed by atoms with van der Waals surface area (Å²) in [4.78, 5) is 25.9. The molecular weight excluding hydrogens is 220 g/mol. The van der Waals surface area contributed by atoms with Crippen LogP contribution in [0.1, 0.15) is 45.4 Å². The molecule has 5 heteroatoms. The Balaban J connectivity index is 2.54. The summed E-state index contributed by atoms with van der Waals surface area (Å²) < 4.78 is 4.65. The second-order valence-corrected chi connectivity index (χ2v) is 4.30. The van der Waals surface area contributed by atoms with Gasteiger partial charge < -0.3 is 10.3 Å². The summed E-state index contributed by atoms with van der Waals surface area (Å²) in [5.74, 6) is -0.948. The van der Waals surface area contributed by atoms with E-state index in [-0.39, 0.29) is 13.0 Å². The molecule has 0 spiro atoms. The van der Waals surface area contributed by atoms with Crippen LogP contribution in [0.25, 0.3) is 5.53 Å². The molecule has 1 rings (SSSR count). The largest absolute Gasteiger partial charge is 0.457 e. The van der Waals surface area contributed by atoms with Crippen molar-refractivity contribution in [1.82, 2.24) is 0 Å². The quantitative estimate of drug-likeness (QED) is 0.240. The Morgan fingerprint density at radius 1 is 1.29 bits per heavy atom. The summed E-state index contributed by atoms with van der Waals surface area (Å²) in [5, 5.41) is 0. The van der Waals surface area contributed by atoms with Crippen LogP contribution in [-0.2, 0) is 14.3 Å². The van der Waals surface area contributed by atoms with Crippen LogP contribution in [0.5, 0.6) is 0 Å². The van der Waals surface area contributed by atoms with E-state index in [1.165, 1.54) is 6.42 Å². The molecule has 0 N–H and O–H groups in total. The molecule has 0 amide bonds. The average molecular weight is 238 g/mol. The van der Waals surface area contributed by atoms with Gasteiger partial charge in [0.2, 0.25) is 0 Å². The topological polar surface area (TPSA) is 79.8 Å². The molecule has 1 aliphatic rings. The van der Waals surface area contributed by atoms with Gasteiger partial charge in [0.15, 0.2) is 0 Å². The van der Waals surface area contributed by atoms with E-state index in [4.69, 9.17) is 5.53 Å². The highest BCUT2D eigenvalue weighted by Crippen LogP contribution is 2.26. The zero-order valence-electron chi connectivity index (χ0n) is 10.1. The van der Waals surface area contributed by atoms with Crippen LogP contribution in [0.15, 0.2) is 0 Å². The third-order valence-corrected chi connectivity index (χ3v) is 3.03. The van der Waals surface area contributed by atoms with E-state index in [2.05, 4.69) is 9.53 Å². The van der Waals surface area contributed by atoms with Crippen molar-refractivity contribution in [2.75, 3.05) is 6.61 Å². The molecule has 0 aliphatic heterocycles. The van der Waals surface area contributed by atoms with Crippen molar-refractivity contribution < 1.29 is 19.1 Å². The van der Waals surface area contributed by atoms with Crippen molar-refractivity contribution in [2.45, 2.75) is 45.4 Å². The number of hydrogen-bond donors (Lipinski definition) is 0. The number of esters is 1. The number of ketones is 1. The van der Waals surface area contributed by atoms with E-state index in [1.54, 1.807) is 6.92 Å². The standard InChI is InChI=1S/C12H18N2O3/c1-2-17-12(16)11(14-13)10(15)8-9-6-4-3-5-7-9/h9H,2-8H2,1H3. The summed E-state index contributed by atoms with van der Waals surface area (Å²) in [5.41, 5.74) is 8.21. The fourth-order valence-corrected chi connectivity index (χ4v) is 2.16. The zero-order valence-corrected chi connectivity index (χ0v) is 10.1. The SMILES string of the molecule is CCOC(=O)C(=[N+]=[N-])C(=O)CC1CCCCC1. The van der Waals surface area contributed by atoms with E-state index in [1.807, 2.05) is 0 Å². The van der Waals surface area contributed by atoms with Gasteiger partial charge in [-0.1, -0.05) is 32.1 Å². The van der Waals surface area contributed by atoms with E-state index in [9.17, 15) is 9.59 Å². The van der Waals surface area contributed by atoms with E-state index < -0.39 is 17.5 Å². The molecule has 0 aromatic rings. The molecule has 0 atom stereocenters. The number of carbonyl (C=O) groups excluding carboxylic acids is 2. The van der Waals surface area contributed by atoms with Gasteiger partial charge in [0.05, 0.1) is 6.61 Å². The second kappa shape index (κ2) is 6.97. The predicted octanol–water partition coefficient (Wildman–Crippen LogP) is 1.76. The highest BCUT2D eigenvalue weighted by Gasteiger charge is 2.32. The first-order valence-electron chi connectivity index (χ1n) is 6.11. The van der Waals surface area contributed by atoms with Gasteiger partial charge in [0, 0.05) is 6.42 Å². The van der Waals surface area contributed by atoms with Crippen LogP contribution in [0.3, 0.4) is 0 Å². The summed E-state index contributed by atoms with van der Waals surface area (Å²) in [6.45, 7) is 1.80. The van der Waals surface area contributed by atoms with Crippen molar-refractivity contribution in [3.8, 4) is 0 Å². The Bertz CT molecular complexity index is 340. The van der Waals surface area contributed by atoms with Gasteiger partial charge >= 0.3 is 11.7 Å². The molecule has 0 unspecified atom stereocenters. The molecule has 5 nitrogen and oxygen atoms in total. The fraction of sp³-hybridized carbons (Fsp3) is 0.750. The molecule has 0 aromatic carbocycles. The first-order valence-corrected chi connectivity index (χ1v) is 6.11. The predicted molar refractivity (Wildman–Crippen MR) is 61.5 cm³/mol. The minimum atomic E-state index is -0.837. The van der Waals surface area contributed by atoms with Crippen LogP contribution < -0.4 is 0 Å². The highest BCUT2D eigenvalue weighted by atomic mass is 16.5. The lowest BCUT2D eigenvalue weighted by Crippen LogP contribution is -2.29. The van der Waals surface area contributed by atoms with Gasteiger partial charge in [-0.15, -0.1) is 0 Å². The zero-order chi connectivity index (χ0) is 12.7. The van der Waals surface area contributed by atoms with Crippen LogP contribution in [0.2, 0.25) is 0 Å². The maximum atomic E-state index is 11.8. The normalized spacial score (nSPS) is 16.1. The van der Waals surface area contributed by atoms with Crippen molar-refractivity contribution >= 4 is 17.5 Å². The Hall–Kier alpha value is -1.48. The smallest absolute Gasteiger partial charge is 0.441 e. The number of rotatable bonds is 5. The monoisotopic (exact) mass is 238 g/mol. The van der Waals surface area contributed by atoms with E-state index in [0.717, 1.165) is 25.7 Å². The molecule has 0 bridgehead atoms. The number of ether oxygens (including phenoxy) is 1. The van der Waals surface area contributed by atoms with Crippen LogP contribution >= 0.6 is 0 Å². The molecular formula is C12H18N2O3. The lowest BCUT2D eigenvalue weighted by Gasteiger charge is -2.19. The Kier molecular flexibility index (Phi) is 5.57. The van der Waals surface area contributed by atoms with Gasteiger partial charge in [-0.2, -0.15) is 4.79 Å². The maximum Gasteiger partial charge on any atom is 0.441 e. The van der Waals surface area contributed by atoms with E-state index >= 15 is 0 Å². The first-order chi connectivity index (χ1) is 8.19. The lowest BCUT2D eigenvalue weighted by molar-refractivity contribution is -0.141. The van der Waals surface area contributed by atoms with Crippen molar-refractivity contribution in [3.05, 3.63) is 5.53 Å². The number of nitrogens with zero attached hydrogens (tertiary/aromatic N) is 2. The summed E-state index contributed by atoms with van der Waals surface area (Å²) in [6, 6.07) is 0. The first kappa shape index (κ1) is 13.6. The Morgan fingerprint density at radius 3 is 2.47 bits per heavy atom. The van der Waals surface area contributed by atoms with Crippen LogP contribution in [0, 0.1) is 5.92 Å². The minimum Gasteiger partial charge on any atom is -0.457 e. The number of Topliss-reactive ketones (excluding diaryl/α,β-unsaturated/α-hetero) is 1. The van der Waals surface area contributed by atoms with Gasteiger partial charge in [-0.3, -0.25) is 4.79 Å². The Morgan fingerprint density at radius 2 is 1.94 bits per heavy atom.